The molecule has 0 spiro atoms. The van der Waals surface area contributed by atoms with Crippen LogP contribution in [0.5, 0.6) is 5.75 Å². The summed E-state index contributed by atoms with van der Waals surface area (Å²) in [6, 6.07) is 4.09. The van der Waals surface area contributed by atoms with Crippen molar-refractivity contribution in [3.8, 4) is 22.7 Å². The van der Waals surface area contributed by atoms with Crippen molar-refractivity contribution in [1.82, 2.24) is 19.7 Å². The highest BCUT2D eigenvalue weighted by Crippen LogP contribution is 2.30. The maximum absolute atomic E-state index is 14.7. The molecule has 0 atom stereocenters. The quantitative estimate of drug-likeness (QED) is 0.533. The minimum atomic E-state index is -3.49. The number of nitrogens with two attached hydrogens (primary N) is 1. The molecule has 1 fully saturated rings. The van der Waals surface area contributed by atoms with Crippen LogP contribution in [0, 0.1) is 11.7 Å². The van der Waals surface area contributed by atoms with E-state index in [1.54, 1.807) is 18.6 Å². The SMILES string of the molecule is CCS(=O)(=O)c1ccc(-n2cc(-c3ncncc3OCC3CCC(N)CC3)cn2)c(F)c1.Cl. The fourth-order valence-corrected chi connectivity index (χ4v) is 4.70. The highest BCUT2D eigenvalue weighted by molar-refractivity contribution is 7.91. The Labute approximate surface area is 198 Å². The molecule has 0 unspecified atom stereocenters. The molecule has 0 amide bonds. The first-order chi connectivity index (χ1) is 15.4. The van der Waals surface area contributed by atoms with Gasteiger partial charge in [-0.3, -0.25) is 0 Å². The summed E-state index contributed by atoms with van der Waals surface area (Å²) >= 11 is 0. The molecule has 2 heterocycles. The van der Waals surface area contributed by atoms with E-state index >= 15 is 0 Å². The molecule has 3 aromatic rings. The Kier molecular flexibility index (Phi) is 8.04. The van der Waals surface area contributed by atoms with Crippen molar-refractivity contribution in [3.63, 3.8) is 0 Å². The molecule has 178 valence electrons. The molecular formula is C22H27ClFN5O3S. The summed E-state index contributed by atoms with van der Waals surface area (Å²) in [5.41, 5.74) is 7.31. The van der Waals surface area contributed by atoms with Crippen molar-refractivity contribution < 1.29 is 17.5 Å². The molecule has 4 rings (SSSR count). The third kappa shape index (κ3) is 5.69. The van der Waals surface area contributed by atoms with Crippen LogP contribution in [-0.2, 0) is 9.84 Å². The van der Waals surface area contributed by atoms with Gasteiger partial charge < -0.3 is 10.5 Å². The number of rotatable bonds is 7. The summed E-state index contributed by atoms with van der Waals surface area (Å²) in [5, 5.41) is 4.23. The number of aromatic nitrogens is 4. The summed E-state index contributed by atoms with van der Waals surface area (Å²) in [4.78, 5) is 8.34. The smallest absolute Gasteiger partial charge is 0.178 e. The molecule has 2 N–H and O–H groups in total. The van der Waals surface area contributed by atoms with E-state index in [1.807, 2.05) is 0 Å². The Morgan fingerprint density at radius 1 is 1.21 bits per heavy atom. The molecule has 0 saturated heterocycles. The van der Waals surface area contributed by atoms with Crippen LogP contribution in [0.15, 0.2) is 48.0 Å². The number of hydrogen-bond acceptors (Lipinski definition) is 7. The number of hydrogen-bond donors (Lipinski definition) is 1. The van der Waals surface area contributed by atoms with Gasteiger partial charge >= 0.3 is 0 Å². The summed E-state index contributed by atoms with van der Waals surface area (Å²) in [6.45, 7) is 2.08. The van der Waals surface area contributed by atoms with Crippen LogP contribution in [0.3, 0.4) is 0 Å². The molecule has 33 heavy (non-hydrogen) atoms. The van der Waals surface area contributed by atoms with Crippen LogP contribution in [0.25, 0.3) is 16.9 Å². The van der Waals surface area contributed by atoms with Gasteiger partial charge in [0, 0.05) is 17.8 Å². The Hall–Kier alpha value is -2.56. The molecule has 0 radical (unpaired) electrons. The van der Waals surface area contributed by atoms with E-state index in [-0.39, 0.29) is 34.8 Å². The first-order valence-corrected chi connectivity index (χ1v) is 12.3. The number of ether oxygens (including phenoxy) is 1. The molecule has 1 aromatic carbocycles. The van der Waals surface area contributed by atoms with E-state index < -0.39 is 15.7 Å². The standard InChI is InChI=1S/C22H26FN5O3S.ClH/c1-2-32(29,30)18-7-8-20(19(23)9-18)28-12-16(10-27-28)22-21(11-25-14-26-22)31-13-15-3-5-17(24)6-4-15;/h7-12,14-15,17H,2-6,13,24H2,1H3;1H. The van der Waals surface area contributed by atoms with Gasteiger partial charge in [0.15, 0.2) is 15.6 Å². The molecule has 1 saturated carbocycles. The van der Waals surface area contributed by atoms with Crippen LogP contribution >= 0.6 is 12.4 Å². The second-order valence-corrected chi connectivity index (χ2v) is 10.3. The number of sulfone groups is 1. The van der Waals surface area contributed by atoms with Crippen LogP contribution in [0.2, 0.25) is 0 Å². The van der Waals surface area contributed by atoms with E-state index in [2.05, 4.69) is 15.1 Å². The molecule has 11 heteroatoms. The van der Waals surface area contributed by atoms with E-state index in [0.29, 0.717) is 29.5 Å². The van der Waals surface area contributed by atoms with E-state index in [9.17, 15) is 12.8 Å². The summed E-state index contributed by atoms with van der Waals surface area (Å²) in [6.07, 6.45) is 10.3. The van der Waals surface area contributed by atoms with Crippen LogP contribution in [0.1, 0.15) is 32.6 Å². The minimum absolute atomic E-state index is 0. The van der Waals surface area contributed by atoms with Gasteiger partial charge in [-0.15, -0.1) is 12.4 Å². The Balaban J connectivity index is 0.00000306. The fourth-order valence-electron chi connectivity index (χ4n) is 3.81. The minimum Gasteiger partial charge on any atom is -0.489 e. The average molecular weight is 496 g/mol. The zero-order valence-corrected chi connectivity index (χ0v) is 19.9. The second-order valence-electron chi connectivity index (χ2n) is 8.02. The number of benzene rings is 1. The highest BCUT2D eigenvalue weighted by atomic mass is 35.5. The van der Waals surface area contributed by atoms with Crippen molar-refractivity contribution in [1.29, 1.82) is 0 Å². The van der Waals surface area contributed by atoms with Crippen LogP contribution < -0.4 is 10.5 Å². The highest BCUT2D eigenvalue weighted by Gasteiger charge is 2.21. The van der Waals surface area contributed by atoms with Crippen molar-refractivity contribution in [3.05, 3.63) is 48.9 Å². The van der Waals surface area contributed by atoms with Crippen LogP contribution in [-0.4, -0.2) is 46.6 Å². The van der Waals surface area contributed by atoms with Gasteiger partial charge in [0.2, 0.25) is 0 Å². The third-order valence-electron chi connectivity index (χ3n) is 5.81. The largest absolute Gasteiger partial charge is 0.489 e. The van der Waals surface area contributed by atoms with Gasteiger partial charge in [0.25, 0.3) is 0 Å². The monoisotopic (exact) mass is 495 g/mol. The van der Waals surface area contributed by atoms with E-state index in [1.165, 1.54) is 30.1 Å². The van der Waals surface area contributed by atoms with Crippen molar-refractivity contribution >= 4 is 22.2 Å². The molecule has 0 bridgehead atoms. The molecule has 8 nitrogen and oxygen atoms in total. The van der Waals surface area contributed by atoms with Gasteiger partial charge in [-0.05, 0) is 49.8 Å². The normalized spacial score (nSPS) is 18.5. The van der Waals surface area contributed by atoms with Crippen molar-refractivity contribution in [2.45, 2.75) is 43.5 Å². The van der Waals surface area contributed by atoms with Gasteiger partial charge in [-0.25, -0.2) is 27.5 Å². The third-order valence-corrected chi connectivity index (χ3v) is 7.54. The molecule has 1 aliphatic rings. The average Bonchev–Trinajstić information content (AvgIpc) is 3.28. The van der Waals surface area contributed by atoms with Gasteiger partial charge in [-0.1, -0.05) is 6.92 Å². The second kappa shape index (κ2) is 10.6. The molecular weight excluding hydrogens is 469 g/mol. The predicted octanol–water partition coefficient (Wildman–Crippen LogP) is 3.58. The summed E-state index contributed by atoms with van der Waals surface area (Å²) in [5.74, 6) is 0.204. The lowest BCUT2D eigenvalue weighted by Gasteiger charge is -2.26. The van der Waals surface area contributed by atoms with Gasteiger partial charge in [0.05, 0.1) is 29.6 Å². The van der Waals surface area contributed by atoms with Crippen molar-refractivity contribution in [2.24, 2.45) is 11.7 Å². The maximum Gasteiger partial charge on any atom is 0.178 e. The van der Waals surface area contributed by atoms with Crippen LogP contribution in [0.4, 0.5) is 4.39 Å². The van der Waals surface area contributed by atoms with Crippen molar-refractivity contribution in [2.75, 3.05) is 12.4 Å². The fraction of sp³-hybridized carbons (Fsp3) is 0.409. The Morgan fingerprint density at radius 2 is 1.97 bits per heavy atom. The lowest BCUT2D eigenvalue weighted by atomic mass is 9.87. The molecule has 1 aliphatic carbocycles. The summed E-state index contributed by atoms with van der Waals surface area (Å²) in [7, 11) is -3.49. The Morgan fingerprint density at radius 3 is 2.67 bits per heavy atom. The topological polar surface area (TPSA) is 113 Å². The lowest BCUT2D eigenvalue weighted by molar-refractivity contribution is 0.200. The predicted molar refractivity (Wildman–Crippen MR) is 125 cm³/mol. The lowest BCUT2D eigenvalue weighted by Crippen LogP contribution is -2.28. The Bertz CT molecular complexity index is 1200. The van der Waals surface area contributed by atoms with Gasteiger partial charge in [0.1, 0.15) is 23.5 Å². The first-order valence-electron chi connectivity index (χ1n) is 10.6. The summed E-state index contributed by atoms with van der Waals surface area (Å²) < 4.78 is 46.0. The molecule has 2 aromatic heterocycles. The first kappa shape index (κ1) is 25.1. The molecule has 0 aliphatic heterocycles. The zero-order chi connectivity index (χ0) is 22.7. The number of halogens is 2. The van der Waals surface area contributed by atoms with E-state index in [0.717, 1.165) is 31.7 Å². The number of nitrogens with zero attached hydrogens (tertiary/aromatic N) is 4. The maximum atomic E-state index is 14.7. The van der Waals surface area contributed by atoms with E-state index in [4.69, 9.17) is 10.5 Å². The van der Waals surface area contributed by atoms with Gasteiger partial charge in [-0.2, -0.15) is 5.10 Å². The zero-order valence-electron chi connectivity index (χ0n) is 18.2.